The minimum absolute atomic E-state index is 0.0460. The molecule has 3 rings (SSSR count). The number of pyridine rings is 1. The standard InChI is InChI=1S/C17H22N4/c1-3-13(9-18)17-12-20(21-8-6-15(21)4-2)11-14-10-19-7-5-16(14)17/h5,7,10,12-13,15H,3-4,6,8,11H2,1-2H3/t13?,15-/m1/s1. The predicted molar refractivity (Wildman–Crippen MR) is 82.6 cm³/mol. The minimum atomic E-state index is -0.0460. The first-order chi connectivity index (χ1) is 10.3. The summed E-state index contributed by atoms with van der Waals surface area (Å²) >= 11 is 0. The van der Waals surface area contributed by atoms with E-state index in [1.54, 1.807) is 0 Å². The number of rotatable bonds is 4. The first-order valence-electron chi connectivity index (χ1n) is 7.86. The Hall–Kier alpha value is -1.86. The molecule has 1 unspecified atom stereocenters. The van der Waals surface area contributed by atoms with Crippen molar-refractivity contribution in [2.24, 2.45) is 5.92 Å². The molecule has 0 aromatic carbocycles. The van der Waals surface area contributed by atoms with Gasteiger partial charge >= 0.3 is 0 Å². The number of allylic oxidation sites excluding steroid dienone is 1. The van der Waals surface area contributed by atoms with Crippen molar-refractivity contribution >= 4 is 5.57 Å². The largest absolute Gasteiger partial charge is 0.308 e. The van der Waals surface area contributed by atoms with Gasteiger partial charge < -0.3 is 5.01 Å². The van der Waals surface area contributed by atoms with Crippen molar-refractivity contribution < 1.29 is 0 Å². The summed E-state index contributed by atoms with van der Waals surface area (Å²) in [6, 6.07) is 5.14. The van der Waals surface area contributed by atoms with Gasteiger partial charge in [0.1, 0.15) is 0 Å². The van der Waals surface area contributed by atoms with Gasteiger partial charge in [-0.2, -0.15) is 5.26 Å². The van der Waals surface area contributed by atoms with Gasteiger partial charge in [0.05, 0.1) is 18.5 Å². The SMILES string of the molecule is CCC(C#N)C1=CN(N2CC[C@H]2CC)Cc2cnccc21. The molecule has 3 heterocycles. The molecule has 110 valence electrons. The van der Waals surface area contributed by atoms with Crippen molar-refractivity contribution in [2.45, 2.75) is 45.7 Å². The quantitative estimate of drug-likeness (QED) is 0.850. The molecular weight excluding hydrogens is 260 g/mol. The average molecular weight is 282 g/mol. The predicted octanol–water partition coefficient (Wildman–Crippen LogP) is 3.19. The summed E-state index contributed by atoms with van der Waals surface area (Å²) in [5, 5.41) is 14.2. The fraction of sp³-hybridized carbons (Fsp3) is 0.529. The van der Waals surface area contributed by atoms with E-state index in [-0.39, 0.29) is 5.92 Å². The average Bonchev–Trinajstić information content (AvgIpc) is 2.48. The third kappa shape index (κ3) is 2.43. The molecule has 2 atom stereocenters. The molecule has 4 nitrogen and oxygen atoms in total. The van der Waals surface area contributed by atoms with Crippen LogP contribution in [-0.4, -0.2) is 27.6 Å². The fourth-order valence-corrected chi connectivity index (χ4v) is 3.29. The third-order valence-electron chi connectivity index (χ3n) is 4.69. The highest BCUT2D eigenvalue weighted by atomic mass is 15.6. The van der Waals surface area contributed by atoms with Crippen molar-refractivity contribution in [1.82, 2.24) is 15.0 Å². The maximum absolute atomic E-state index is 9.46. The lowest BCUT2D eigenvalue weighted by Crippen LogP contribution is -2.55. The topological polar surface area (TPSA) is 43.2 Å². The highest BCUT2D eigenvalue weighted by Crippen LogP contribution is 2.35. The van der Waals surface area contributed by atoms with E-state index in [2.05, 4.69) is 41.1 Å². The fourth-order valence-electron chi connectivity index (χ4n) is 3.29. The van der Waals surface area contributed by atoms with E-state index >= 15 is 0 Å². The lowest BCUT2D eigenvalue weighted by Gasteiger charge is -2.49. The number of fused-ring (bicyclic) bond motifs is 1. The van der Waals surface area contributed by atoms with Gasteiger partial charge in [-0.3, -0.25) is 4.98 Å². The zero-order chi connectivity index (χ0) is 14.8. The molecule has 0 aliphatic carbocycles. The molecule has 0 amide bonds. The zero-order valence-electron chi connectivity index (χ0n) is 12.8. The molecule has 0 N–H and O–H groups in total. The van der Waals surface area contributed by atoms with Gasteiger partial charge in [0, 0.05) is 31.2 Å². The first kappa shape index (κ1) is 14.1. The molecule has 0 spiro atoms. The summed E-state index contributed by atoms with van der Waals surface area (Å²) in [6.07, 6.45) is 9.25. The number of hydrogen-bond donors (Lipinski definition) is 0. The van der Waals surface area contributed by atoms with Gasteiger partial charge in [-0.15, -0.1) is 0 Å². The maximum atomic E-state index is 9.46. The van der Waals surface area contributed by atoms with Crippen LogP contribution in [-0.2, 0) is 6.54 Å². The van der Waals surface area contributed by atoms with Crippen LogP contribution in [0.1, 0.15) is 44.2 Å². The molecule has 4 heteroatoms. The molecular formula is C17H22N4. The Bertz CT molecular complexity index is 585. The van der Waals surface area contributed by atoms with Crippen LogP contribution < -0.4 is 0 Å². The summed E-state index contributed by atoms with van der Waals surface area (Å²) in [7, 11) is 0. The normalized spacial score (nSPS) is 22.8. The first-order valence-corrected chi connectivity index (χ1v) is 7.86. The van der Waals surface area contributed by atoms with Gasteiger partial charge in [0.15, 0.2) is 0 Å². The van der Waals surface area contributed by atoms with Gasteiger partial charge in [-0.05, 0) is 42.0 Å². The minimum Gasteiger partial charge on any atom is -0.308 e. The Morgan fingerprint density at radius 1 is 1.48 bits per heavy atom. The van der Waals surface area contributed by atoms with Crippen LogP contribution in [0.3, 0.4) is 0 Å². The van der Waals surface area contributed by atoms with Crippen LogP contribution in [0, 0.1) is 17.2 Å². The van der Waals surface area contributed by atoms with Crippen molar-refractivity contribution in [3.63, 3.8) is 0 Å². The van der Waals surface area contributed by atoms with Crippen molar-refractivity contribution in [3.05, 3.63) is 35.8 Å². The van der Waals surface area contributed by atoms with Gasteiger partial charge in [-0.25, -0.2) is 5.01 Å². The second-order valence-electron chi connectivity index (χ2n) is 5.82. The van der Waals surface area contributed by atoms with E-state index in [9.17, 15) is 5.26 Å². The summed E-state index contributed by atoms with van der Waals surface area (Å²) in [4.78, 5) is 4.26. The summed E-state index contributed by atoms with van der Waals surface area (Å²) in [6.45, 7) is 6.30. The van der Waals surface area contributed by atoms with E-state index < -0.39 is 0 Å². The van der Waals surface area contributed by atoms with Crippen LogP contribution in [0.5, 0.6) is 0 Å². The molecule has 1 saturated heterocycles. The molecule has 0 radical (unpaired) electrons. The zero-order valence-corrected chi connectivity index (χ0v) is 12.8. The lowest BCUT2D eigenvalue weighted by molar-refractivity contribution is -0.0929. The molecule has 2 aliphatic heterocycles. The molecule has 2 aliphatic rings. The van der Waals surface area contributed by atoms with Crippen LogP contribution in [0.4, 0.5) is 0 Å². The third-order valence-corrected chi connectivity index (χ3v) is 4.69. The number of nitrogens with zero attached hydrogens (tertiary/aromatic N) is 4. The van der Waals surface area contributed by atoms with Crippen molar-refractivity contribution in [1.29, 1.82) is 5.26 Å². The summed E-state index contributed by atoms with van der Waals surface area (Å²) in [5.41, 5.74) is 3.57. The highest BCUT2D eigenvalue weighted by molar-refractivity contribution is 5.72. The Kier molecular flexibility index (Phi) is 3.94. The van der Waals surface area contributed by atoms with E-state index in [4.69, 9.17) is 0 Å². The molecule has 0 bridgehead atoms. The van der Waals surface area contributed by atoms with Crippen molar-refractivity contribution in [3.8, 4) is 6.07 Å². The van der Waals surface area contributed by atoms with E-state index in [0.29, 0.717) is 6.04 Å². The van der Waals surface area contributed by atoms with E-state index in [1.165, 1.54) is 24.0 Å². The van der Waals surface area contributed by atoms with E-state index in [1.807, 2.05) is 18.5 Å². The number of aromatic nitrogens is 1. The second kappa shape index (κ2) is 5.87. The van der Waals surface area contributed by atoms with Crippen LogP contribution in [0.2, 0.25) is 0 Å². The molecule has 1 fully saturated rings. The highest BCUT2D eigenvalue weighted by Gasteiger charge is 2.33. The molecule has 1 aromatic heterocycles. The second-order valence-corrected chi connectivity index (χ2v) is 5.82. The lowest BCUT2D eigenvalue weighted by atomic mass is 9.88. The molecule has 21 heavy (non-hydrogen) atoms. The monoisotopic (exact) mass is 282 g/mol. The van der Waals surface area contributed by atoms with Gasteiger partial charge in [0.2, 0.25) is 0 Å². The van der Waals surface area contributed by atoms with Crippen LogP contribution in [0.25, 0.3) is 5.57 Å². The van der Waals surface area contributed by atoms with Crippen LogP contribution in [0.15, 0.2) is 24.7 Å². The van der Waals surface area contributed by atoms with Gasteiger partial charge in [0.25, 0.3) is 0 Å². The Morgan fingerprint density at radius 3 is 2.95 bits per heavy atom. The Labute approximate surface area is 126 Å². The van der Waals surface area contributed by atoms with E-state index in [0.717, 1.165) is 25.1 Å². The smallest absolute Gasteiger partial charge is 0.0730 e. The number of hydrogen-bond acceptors (Lipinski definition) is 4. The Morgan fingerprint density at radius 2 is 2.33 bits per heavy atom. The molecule has 0 saturated carbocycles. The molecule has 1 aromatic rings. The van der Waals surface area contributed by atoms with Crippen molar-refractivity contribution in [2.75, 3.05) is 6.54 Å². The summed E-state index contributed by atoms with van der Waals surface area (Å²) < 4.78 is 0. The maximum Gasteiger partial charge on any atom is 0.0730 e. The number of hydrazine groups is 1. The Balaban J connectivity index is 1.96. The summed E-state index contributed by atoms with van der Waals surface area (Å²) in [5.74, 6) is -0.0460. The number of nitriles is 1. The van der Waals surface area contributed by atoms with Crippen LogP contribution >= 0.6 is 0 Å². The van der Waals surface area contributed by atoms with Gasteiger partial charge in [-0.1, -0.05) is 13.8 Å².